The van der Waals surface area contributed by atoms with Crippen molar-refractivity contribution in [2.24, 2.45) is 0 Å². The van der Waals surface area contributed by atoms with Gasteiger partial charge in [-0.3, -0.25) is 0 Å². The Morgan fingerprint density at radius 2 is 2.00 bits per heavy atom. The number of rotatable bonds is 1. The Labute approximate surface area is 41.7 Å². The Balaban J connectivity index is 2.99. The van der Waals surface area contributed by atoms with E-state index in [1.807, 2.05) is 6.92 Å². The first-order valence-corrected chi connectivity index (χ1v) is 2.75. The van der Waals surface area contributed by atoms with Gasteiger partial charge in [-0.2, -0.15) is 0 Å². The Bertz CT molecular complexity index is 31.8. The molecule has 0 aliphatic heterocycles. The molecular weight excluding hydrogens is 93.8 g/mol. The van der Waals surface area contributed by atoms with Gasteiger partial charge in [0.2, 0.25) is 0 Å². The summed E-state index contributed by atoms with van der Waals surface area (Å²) < 4.78 is 0. The first kappa shape index (κ1) is 6.45. The molecule has 0 spiro atoms. The maximum atomic E-state index is 8.61. The van der Waals surface area contributed by atoms with Crippen molar-refractivity contribution in [2.75, 3.05) is 0 Å². The van der Waals surface area contributed by atoms with E-state index in [9.17, 15) is 0 Å². The van der Waals surface area contributed by atoms with E-state index in [1.165, 1.54) is 0 Å². The molecule has 3 atom stereocenters. The van der Waals surface area contributed by atoms with Gasteiger partial charge >= 0.3 is 0 Å². The molecule has 1 nitrogen and oxygen atoms in total. The quantitative estimate of drug-likeness (QED) is 0.341. The predicted octanol–water partition coefficient (Wildman–Crippen LogP) is -0.799. The molecule has 0 aromatic rings. The minimum absolute atomic E-state index is 0.185. The van der Waals surface area contributed by atoms with Crippen LogP contribution in [0.3, 0.4) is 0 Å². The van der Waals surface area contributed by atoms with Crippen LogP contribution in [0.25, 0.3) is 0 Å². The number of hydrogen-bond donors (Lipinski definition) is 1. The first-order valence-electron chi connectivity index (χ1n) is 2.08. The van der Waals surface area contributed by atoms with Gasteiger partial charge in [-0.15, -0.1) is 9.24 Å². The van der Waals surface area contributed by atoms with Gasteiger partial charge in [-0.25, -0.2) is 0 Å². The number of hydrogen-bond acceptors (Lipinski definition) is 1. The monoisotopic (exact) mass is 104 g/mol. The Hall–Kier alpha value is 0.455. The molecule has 6 heavy (non-hydrogen) atoms. The van der Waals surface area contributed by atoms with E-state index in [4.69, 9.17) is 5.11 Å². The Kier molecular flexibility index (Phi) is 2.80. The highest BCUT2D eigenvalue weighted by Crippen LogP contribution is 1.99. The highest BCUT2D eigenvalue weighted by Gasteiger charge is 1.98. The lowest BCUT2D eigenvalue weighted by atomic mass is 9.98. The fraction of sp³-hybridized carbons (Fsp3) is 1.00. The minimum atomic E-state index is -0.185. The largest absolute Gasteiger partial charge is 0.402 e. The summed E-state index contributed by atoms with van der Waals surface area (Å²) >= 11 is 0. The molecule has 0 saturated heterocycles. The third kappa shape index (κ3) is 2.68. The zero-order valence-corrected chi connectivity index (χ0v) is 5.33. The van der Waals surface area contributed by atoms with Crippen molar-refractivity contribution < 1.29 is 5.11 Å². The second-order valence-corrected chi connectivity index (χ2v) is 2.65. The van der Waals surface area contributed by atoms with Crippen LogP contribution < -0.4 is 0 Å². The van der Waals surface area contributed by atoms with Crippen molar-refractivity contribution in [1.82, 2.24) is 0 Å². The van der Waals surface area contributed by atoms with Gasteiger partial charge in [0, 0.05) is 6.00 Å². The number of aliphatic hydroxyl groups excluding tert-OH is 1. The fourth-order valence-corrected chi connectivity index (χ4v) is 0. The van der Waals surface area contributed by atoms with Crippen molar-refractivity contribution in [3.8, 4) is 0 Å². The molecule has 3 unspecified atom stereocenters. The van der Waals surface area contributed by atoms with Crippen molar-refractivity contribution in [2.45, 2.75) is 18.6 Å². The van der Waals surface area contributed by atoms with E-state index >= 15 is 0 Å². The third-order valence-electron chi connectivity index (χ3n) is 0.761. The van der Waals surface area contributed by atoms with Crippen LogP contribution in [0.1, 0.15) is 6.92 Å². The molecule has 0 bridgehead atoms. The molecule has 0 amide bonds. The summed E-state index contributed by atoms with van der Waals surface area (Å²) in [6, 6.07) is -0.185. The molecular formula is C3H10BOP. The normalized spacial score (nSPS) is 19.8. The molecule has 0 radical (unpaired) electrons. The summed E-state index contributed by atoms with van der Waals surface area (Å²) in [5, 5.41) is 8.61. The second-order valence-electron chi connectivity index (χ2n) is 1.60. The zero-order valence-electron chi connectivity index (χ0n) is 4.18. The van der Waals surface area contributed by atoms with Crippen LogP contribution in [0, 0.1) is 0 Å². The van der Waals surface area contributed by atoms with E-state index in [0.717, 1.165) is 0 Å². The van der Waals surface area contributed by atoms with Crippen molar-refractivity contribution in [3.05, 3.63) is 0 Å². The molecule has 0 heterocycles. The van der Waals surface area contributed by atoms with Gasteiger partial charge in [0.25, 0.3) is 0 Å². The molecule has 0 rings (SSSR count). The predicted molar refractivity (Wildman–Crippen MR) is 33.7 cm³/mol. The minimum Gasteiger partial charge on any atom is -0.402 e. The molecule has 0 fully saturated rings. The topological polar surface area (TPSA) is 20.2 Å². The van der Waals surface area contributed by atoms with Gasteiger partial charge in [0.15, 0.2) is 0 Å². The lowest BCUT2D eigenvalue weighted by Gasteiger charge is -2.04. The second kappa shape index (κ2) is 2.60. The smallest absolute Gasteiger partial charge is 0.139 e. The standard InChI is InChI=1S/C3H10BOP/c1-2(6)3(4)5/h2-3,5H,4,6H2,1H3. The molecule has 36 valence electrons. The molecule has 0 aliphatic carbocycles. The maximum Gasteiger partial charge on any atom is 0.139 e. The van der Waals surface area contributed by atoms with E-state index < -0.39 is 0 Å². The van der Waals surface area contributed by atoms with Crippen molar-refractivity contribution in [3.63, 3.8) is 0 Å². The Morgan fingerprint density at radius 3 is 2.00 bits per heavy atom. The number of aliphatic hydroxyl groups is 1. The average Bonchev–Trinajstić information content (AvgIpc) is 1.36. The lowest BCUT2D eigenvalue weighted by Crippen LogP contribution is -2.15. The van der Waals surface area contributed by atoms with Gasteiger partial charge in [-0.05, 0) is 5.66 Å². The van der Waals surface area contributed by atoms with Crippen molar-refractivity contribution in [1.29, 1.82) is 0 Å². The first-order chi connectivity index (χ1) is 2.64. The van der Waals surface area contributed by atoms with Crippen LogP contribution in [-0.4, -0.2) is 24.6 Å². The summed E-state index contributed by atoms with van der Waals surface area (Å²) in [5.74, 6) is 0. The van der Waals surface area contributed by atoms with E-state index in [2.05, 4.69) is 9.24 Å². The molecule has 3 heteroatoms. The zero-order chi connectivity index (χ0) is 5.15. The highest BCUT2D eigenvalue weighted by molar-refractivity contribution is 7.17. The summed E-state index contributed by atoms with van der Waals surface area (Å²) in [6.07, 6.45) is 0. The average molecular weight is 104 g/mol. The van der Waals surface area contributed by atoms with Crippen LogP contribution in [0.15, 0.2) is 0 Å². The van der Waals surface area contributed by atoms with Crippen LogP contribution in [0.4, 0.5) is 0 Å². The van der Waals surface area contributed by atoms with E-state index in [1.54, 1.807) is 7.85 Å². The summed E-state index contributed by atoms with van der Waals surface area (Å²) in [5.41, 5.74) is 0.324. The van der Waals surface area contributed by atoms with E-state index in [0.29, 0.717) is 5.66 Å². The molecule has 1 N–H and O–H groups in total. The van der Waals surface area contributed by atoms with Crippen molar-refractivity contribution >= 4 is 17.1 Å². The molecule has 0 aromatic heterocycles. The third-order valence-corrected chi connectivity index (χ3v) is 1.32. The lowest BCUT2D eigenvalue weighted by molar-refractivity contribution is 0.256. The summed E-state index contributed by atoms with van der Waals surface area (Å²) in [6.45, 7) is 1.95. The van der Waals surface area contributed by atoms with Crippen LogP contribution in [-0.2, 0) is 0 Å². The maximum absolute atomic E-state index is 8.61. The van der Waals surface area contributed by atoms with Gasteiger partial charge < -0.3 is 5.11 Å². The molecule has 0 aromatic carbocycles. The highest BCUT2D eigenvalue weighted by atomic mass is 31.0. The molecule has 0 saturated carbocycles. The Morgan fingerprint density at radius 1 is 1.83 bits per heavy atom. The summed E-state index contributed by atoms with van der Waals surface area (Å²) in [7, 11) is 4.30. The molecule has 0 aliphatic rings. The SMILES string of the molecule is BC(O)C(C)P. The van der Waals surface area contributed by atoms with Gasteiger partial charge in [0.1, 0.15) is 7.85 Å². The van der Waals surface area contributed by atoms with Crippen LogP contribution >= 0.6 is 9.24 Å². The summed E-state index contributed by atoms with van der Waals surface area (Å²) in [4.78, 5) is 0. The van der Waals surface area contributed by atoms with E-state index in [-0.39, 0.29) is 6.00 Å². The fourth-order valence-electron chi connectivity index (χ4n) is 0. The van der Waals surface area contributed by atoms with Crippen LogP contribution in [0.5, 0.6) is 0 Å². The van der Waals surface area contributed by atoms with Gasteiger partial charge in [0.05, 0.1) is 0 Å². The van der Waals surface area contributed by atoms with Crippen LogP contribution in [0.2, 0.25) is 0 Å². The van der Waals surface area contributed by atoms with Gasteiger partial charge in [-0.1, -0.05) is 6.92 Å².